The number of carbonyl (C=O) groups excluding carboxylic acids is 4. The number of aliphatic hydroxyl groups is 1. The Morgan fingerprint density at radius 2 is 1.88 bits per heavy atom. The standard InChI is InChI=1S/C23H15N5O4.C10H13N5O4/c1-10(29)25-16-9-18(30)12-6-7-15(27-20(12)22(16)31)21-19-13(8-17(28-21)23(24)32)11-4-2-3-5-14(11)26-19;1-5-3-15(10(18)12-9(5)17)8-2-6(13-14-11)7(4-16)19-8/h2-9,26H,1H3,(H2,24,32)(H,25,29);3,6-8,16H,2,4H2,1H3,(H,12,17,18)/t;6-,7+,8+/m.0/s1. The van der Waals surface area contributed by atoms with Gasteiger partial charge >= 0.3 is 5.69 Å². The smallest absolute Gasteiger partial charge is 0.330 e. The number of carbonyl (C=O) groups is 4. The number of azide groups is 1. The average molecular weight is 693 g/mol. The first-order valence-electron chi connectivity index (χ1n) is 15.3. The number of H-pyrrole nitrogens is 2. The SMILES string of the molecule is CC(=O)NC1=CC(=O)c2ccc(-c3nc(C(N)=O)cc4c3[nH]c3ccccc34)nc2C1=O.Cc1cn([C@H]2C[C@H](N=[N+]=[N-])[C@@H](CO)O2)c(=O)[nH]c1=O. The van der Waals surface area contributed by atoms with E-state index in [-0.39, 0.29) is 41.4 Å². The van der Waals surface area contributed by atoms with Crippen LogP contribution < -0.4 is 22.3 Å². The van der Waals surface area contributed by atoms with Gasteiger partial charge in [-0.1, -0.05) is 23.3 Å². The molecule has 18 heteroatoms. The molecule has 258 valence electrons. The summed E-state index contributed by atoms with van der Waals surface area (Å²) >= 11 is 0. The van der Waals surface area contributed by atoms with Crippen molar-refractivity contribution in [2.75, 3.05) is 6.61 Å². The number of hydrogen-bond donors (Lipinski definition) is 5. The molecule has 4 aromatic heterocycles. The number of nitrogens with two attached hydrogens (primary N) is 1. The Morgan fingerprint density at radius 1 is 1.12 bits per heavy atom. The third kappa shape index (κ3) is 6.52. The molecular formula is C33H28N10O8. The zero-order valence-corrected chi connectivity index (χ0v) is 26.9. The Bertz CT molecular complexity index is 2490. The Kier molecular flexibility index (Phi) is 9.12. The minimum Gasteiger partial charge on any atom is -0.394 e. The van der Waals surface area contributed by atoms with Crippen molar-refractivity contribution in [3.05, 3.63) is 114 Å². The van der Waals surface area contributed by atoms with Crippen LogP contribution in [0.5, 0.6) is 0 Å². The number of aromatic amines is 2. The number of allylic oxidation sites excluding steroid dienone is 2. The zero-order valence-electron chi connectivity index (χ0n) is 26.9. The van der Waals surface area contributed by atoms with Crippen molar-refractivity contribution in [2.24, 2.45) is 10.8 Å². The van der Waals surface area contributed by atoms with Gasteiger partial charge in [0, 0.05) is 52.4 Å². The summed E-state index contributed by atoms with van der Waals surface area (Å²) in [6.45, 7) is 2.50. The summed E-state index contributed by atoms with van der Waals surface area (Å²) in [4.78, 5) is 88.5. The highest BCUT2D eigenvalue weighted by atomic mass is 16.5. The number of hydrogen-bond acceptors (Lipinski definition) is 11. The van der Waals surface area contributed by atoms with E-state index >= 15 is 0 Å². The number of para-hydroxylation sites is 1. The van der Waals surface area contributed by atoms with Gasteiger partial charge in [-0.2, -0.15) is 0 Å². The van der Waals surface area contributed by atoms with Gasteiger partial charge in [0.1, 0.15) is 23.3 Å². The van der Waals surface area contributed by atoms with Gasteiger partial charge in [-0.05, 0) is 36.7 Å². The monoisotopic (exact) mass is 692 g/mol. The molecule has 3 atom stereocenters. The normalized spacial score (nSPS) is 18.0. The van der Waals surface area contributed by atoms with E-state index in [0.29, 0.717) is 16.8 Å². The first-order valence-corrected chi connectivity index (χ1v) is 15.3. The number of Topliss-reactive ketones (excluding diaryl/α,β-unsaturated/α-hetero) is 1. The molecular weight excluding hydrogens is 664 g/mol. The molecule has 1 fully saturated rings. The summed E-state index contributed by atoms with van der Waals surface area (Å²) in [7, 11) is 0. The number of ketones is 2. The maximum Gasteiger partial charge on any atom is 0.330 e. The number of aryl methyl sites for hydroxylation is 1. The molecule has 1 aliphatic heterocycles. The van der Waals surface area contributed by atoms with Crippen LogP contribution in [0.4, 0.5) is 0 Å². The lowest BCUT2D eigenvalue weighted by Crippen LogP contribution is -2.33. The molecule has 5 heterocycles. The van der Waals surface area contributed by atoms with Crippen LogP contribution in [0.3, 0.4) is 0 Å². The molecule has 1 aromatic carbocycles. The minimum atomic E-state index is -0.710. The Balaban J connectivity index is 0.000000202. The van der Waals surface area contributed by atoms with Gasteiger partial charge in [-0.15, -0.1) is 0 Å². The molecule has 0 radical (unpaired) electrons. The number of fused-ring (bicyclic) bond motifs is 4. The first kappa shape index (κ1) is 34.1. The van der Waals surface area contributed by atoms with Crippen LogP contribution in [0, 0.1) is 6.92 Å². The predicted molar refractivity (Wildman–Crippen MR) is 181 cm³/mol. The van der Waals surface area contributed by atoms with E-state index < -0.39 is 53.0 Å². The molecule has 5 aromatic rings. The lowest BCUT2D eigenvalue weighted by Gasteiger charge is -2.15. The highest BCUT2D eigenvalue weighted by molar-refractivity contribution is 6.24. The van der Waals surface area contributed by atoms with Crippen molar-refractivity contribution < 1.29 is 29.0 Å². The van der Waals surface area contributed by atoms with Crippen molar-refractivity contribution in [1.29, 1.82) is 0 Å². The fourth-order valence-electron chi connectivity index (χ4n) is 5.84. The predicted octanol–water partition coefficient (Wildman–Crippen LogP) is 2.08. The lowest BCUT2D eigenvalue weighted by atomic mass is 9.96. The van der Waals surface area contributed by atoms with Gasteiger partial charge in [0.15, 0.2) is 5.78 Å². The van der Waals surface area contributed by atoms with E-state index in [2.05, 4.69) is 35.3 Å². The van der Waals surface area contributed by atoms with Crippen molar-refractivity contribution in [2.45, 2.75) is 38.6 Å². The molecule has 51 heavy (non-hydrogen) atoms. The van der Waals surface area contributed by atoms with Gasteiger partial charge in [0.05, 0.1) is 41.2 Å². The van der Waals surface area contributed by atoms with E-state index in [4.69, 9.17) is 21.1 Å². The second-order valence-electron chi connectivity index (χ2n) is 11.6. The number of amides is 2. The molecule has 1 aliphatic carbocycles. The molecule has 18 nitrogen and oxygen atoms in total. The van der Waals surface area contributed by atoms with Crippen LogP contribution >= 0.6 is 0 Å². The van der Waals surface area contributed by atoms with E-state index in [9.17, 15) is 28.8 Å². The number of aliphatic hydroxyl groups excluding tert-OH is 1. The number of nitrogens with zero attached hydrogens (tertiary/aromatic N) is 6. The number of aromatic nitrogens is 5. The second kappa shape index (κ2) is 13.6. The van der Waals surface area contributed by atoms with Crippen LogP contribution in [0.2, 0.25) is 0 Å². The van der Waals surface area contributed by atoms with Crippen LogP contribution in [0.15, 0.2) is 75.1 Å². The summed E-state index contributed by atoms with van der Waals surface area (Å²) in [6.07, 6.45) is 1.41. The molecule has 0 unspecified atom stereocenters. The number of ether oxygens (including phenoxy) is 1. The largest absolute Gasteiger partial charge is 0.394 e. The van der Waals surface area contributed by atoms with E-state index in [1.54, 1.807) is 19.1 Å². The molecule has 6 N–H and O–H groups in total. The van der Waals surface area contributed by atoms with Crippen LogP contribution in [0.1, 0.15) is 56.5 Å². The summed E-state index contributed by atoms with van der Waals surface area (Å²) in [6, 6.07) is 11.6. The van der Waals surface area contributed by atoms with Gasteiger partial charge in [-0.25, -0.2) is 14.8 Å². The van der Waals surface area contributed by atoms with E-state index in [0.717, 1.165) is 22.4 Å². The number of benzene rings is 1. The average Bonchev–Trinajstić information content (AvgIpc) is 3.69. The van der Waals surface area contributed by atoms with Crippen molar-refractivity contribution in [3.63, 3.8) is 0 Å². The van der Waals surface area contributed by atoms with Crippen LogP contribution in [-0.4, -0.2) is 71.7 Å². The third-order valence-electron chi connectivity index (χ3n) is 8.24. The highest BCUT2D eigenvalue weighted by Gasteiger charge is 2.36. The minimum absolute atomic E-state index is 0.0398. The van der Waals surface area contributed by atoms with Gasteiger partial charge in [-0.3, -0.25) is 33.5 Å². The molecule has 7 rings (SSSR count). The summed E-state index contributed by atoms with van der Waals surface area (Å²) < 4.78 is 6.69. The van der Waals surface area contributed by atoms with Crippen LogP contribution in [0.25, 0.3) is 43.6 Å². The first-order chi connectivity index (χ1) is 24.4. The molecule has 0 spiro atoms. The highest BCUT2D eigenvalue weighted by Crippen LogP contribution is 2.33. The maximum absolute atomic E-state index is 12.9. The Hall–Kier alpha value is -6.75. The second-order valence-corrected chi connectivity index (χ2v) is 11.6. The van der Waals surface area contributed by atoms with Gasteiger partial charge in [0.25, 0.3) is 11.5 Å². The van der Waals surface area contributed by atoms with E-state index in [1.165, 1.54) is 23.8 Å². The summed E-state index contributed by atoms with van der Waals surface area (Å²) in [5, 5.41) is 16.6. The molecule has 0 bridgehead atoms. The molecule has 1 saturated heterocycles. The quantitative estimate of drug-likeness (QED) is 0.0981. The Morgan fingerprint density at radius 3 is 2.59 bits per heavy atom. The van der Waals surface area contributed by atoms with Gasteiger partial charge < -0.3 is 25.9 Å². The third-order valence-corrected chi connectivity index (χ3v) is 8.24. The summed E-state index contributed by atoms with van der Waals surface area (Å²) in [5.74, 6) is -2.22. The Labute approximate surface area is 285 Å². The fraction of sp³-hybridized carbons (Fsp3) is 0.212. The maximum atomic E-state index is 12.9. The number of nitrogens with one attached hydrogen (secondary N) is 3. The zero-order chi connectivity index (χ0) is 36.6. The van der Waals surface area contributed by atoms with Crippen molar-refractivity contribution >= 4 is 45.2 Å². The number of primary amides is 1. The molecule has 0 saturated carbocycles. The van der Waals surface area contributed by atoms with Crippen molar-refractivity contribution in [3.8, 4) is 11.4 Å². The fourth-order valence-corrected chi connectivity index (χ4v) is 5.84. The molecule has 2 aliphatic rings. The molecule has 2 amide bonds. The number of rotatable bonds is 6. The lowest BCUT2D eigenvalue weighted by molar-refractivity contribution is -0.118. The summed E-state index contributed by atoms with van der Waals surface area (Å²) in [5.41, 5.74) is 15.2. The topological polar surface area (TPSA) is 281 Å². The van der Waals surface area contributed by atoms with Crippen LogP contribution in [-0.2, 0) is 9.53 Å². The van der Waals surface area contributed by atoms with Gasteiger partial charge in [0.2, 0.25) is 11.7 Å². The number of pyridine rings is 2. The van der Waals surface area contributed by atoms with Crippen molar-refractivity contribution in [1.82, 2.24) is 29.8 Å². The van der Waals surface area contributed by atoms with E-state index in [1.807, 2.05) is 24.3 Å².